The number of aliphatic hydroxyl groups excluding tert-OH is 2. The molecule has 0 fully saturated rings. The van der Waals surface area contributed by atoms with Crippen molar-refractivity contribution >= 4 is 0 Å². The maximum atomic E-state index is 11.7. The third kappa shape index (κ3) is 5.53. The molecule has 0 atom stereocenters. The van der Waals surface area contributed by atoms with Crippen LogP contribution in [0.2, 0.25) is 0 Å². The van der Waals surface area contributed by atoms with Crippen LogP contribution >= 0.6 is 0 Å². The number of aliphatic hydroxyl groups is 2. The Morgan fingerprint density at radius 2 is 1.29 bits per heavy atom. The predicted octanol–water partition coefficient (Wildman–Crippen LogP) is 2.59. The van der Waals surface area contributed by atoms with E-state index in [-0.39, 0.29) is 0 Å². The molecule has 0 aliphatic rings. The number of halogens is 7. The highest BCUT2D eigenvalue weighted by Gasteiger charge is 2.72. The zero-order valence-corrected chi connectivity index (χ0v) is 8.87. The van der Waals surface area contributed by atoms with Crippen molar-refractivity contribution in [3.63, 3.8) is 0 Å². The molecule has 9 heteroatoms. The van der Waals surface area contributed by atoms with Gasteiger partial charge in [0.2, 0.25) is 0 Å². The molecule has 17 heavy (non-hydrogen) atoms. The number of alkyl halides is 7. The van der Waals surface area contributed by atoms with Gasteiger partial charge in [0.25, 0.3) is 0 Å². The van der Waals surface area contributed by atoms with E-state index in [0.717, 1.165) is 12.8 Å². The summed E-state index contributed by atoms with van der Waals surface area (Å²) in [4.78, 5) is 0. The first kappa shape index (κ1) is 18.8. The standard InChI is InChI=1S/C4H3F7O.C4H10O/c5-2(6,1-12)3(7,8)4(9,10)11;1-2-3-4-5/h12H,1H2;5H,2-4H2,1H3. The van der Waals surface area contributed by atoms with Crippen LogP contribution in [0, 0.1) is 0 Å². The SMILES string of the molecule is CCCCO.OCC(F)(F)C(F)(F)C(F)(F)F. The summed E-state index contributed by atoms with van der Waals surface area (Å²) < 4.78 is 80.3. The molecule has 106 valence electrons. The maximum Gasteiger partial charge on any atom is 0.459 e. The molecule has 0 heterocycles. The Bertz CT molecular complexity index is 201. The molecule has 2 nitrogen and oxygen atoms in total. The van der Waals surface area contributed by atoms with Crippen LogP contribution in [0.5, 0.6) is 0 Å². The lowest BCUT2D eigenvalue weighted by molar-refractivity contribution is -0.359. The highest BCUT2D eigenvalue weighted by molar-refractivity contribution is 4.90. The Morgan fingerprint density at radius 3 is 1.35 bits per heavy atom. The van der Waals surface area contributed by atoms with Gasteiger partial charge in [0.15, 0.2) is 0 Å². The van der Waals surface area contributed by atoms with Crippen molar-refractivity contribution in [2.75, 3.05) is 13.2 Å². The van der Waals surface area contributed by atoms with E-state index in [2.05, 4.69) is 6.92 Å². The first-order chi connectivity index (χ1) is 7.47. The number of rotatable bonds is 4. The minimum absolute atomic E-state index is 0.344. The lowest BCUT2D eigenvalue weighted by atomic mass is 10.2. The Balaban J connectivity index is 0. The first-order valence-corrected chi connectivity index (χ1v) is 4.52. The van der Waals surface area contributed by atoms with Gasteiger partial charge < -0.3 is 10.2 Å². The summed E-state index contributed by atoms with van der Waals surface area (Å²) >= 11 is 0. The molecule has 0 bridgehead atoms. The van der Waals surface area contributed by atoms with E-state index in [1.807, 2.05) is 0 Å². The van der Waals surface area contributed by atoms with E-state index in [1.165, 1.54) is 0 Å². The summed E-state index contributed by atoms with van der Waals surface area (Å²) in [5.41, 5.74) is 0. The molecule has 0 saturated heterocycles. The van der Waals surface area contributed by atoms with Gasteiger partial charge in [-0.1, -0.05) is 13.3 Å². The van der Waals surface area contributed by atoms with Gasteiger partial charge in [-0.25, -0.2) is 0 Å². The summed E-state index contributed by atoms with van der Waals surface area (Å²) in [5.74, 6) is -11.7. The van der Waals surface area contributed by atoms with E-state index in [0.29, 0.717) is 6.61 Å². The van der Waals surface area contributed by atoms with Crippen LogP contribution in [-0.4, -0.2) is 41.4 Å². The fraction of sp³-hybridized carbons (Fsp3) is 1.00. The highest BCUT2D eigenvalue weighted by Crippen LogP contribution is 2.45. The van der Waals surface area contributed by atoms with Crippen LogP contribution in [0.1, 0.15) is 19.8 Å². The molecule has 0 unspecified atom stereocenters. The van der Waals surface area contributed by atoms with E-state index in [4.69, 9.17) is 10.2 Å². The molecule has 0 rings (SSSR count). The Labute approximate surface area is 93.0 Å². The molecule has 0 saturated carbocycles. The van der Waals surface area contributed by atoms with Gasteiger partial charge in [-0.3, -0.25) is 0 Å². The molecular formula is C8H13F7O2. The zero-order valence-electron chi connectivity index (χ0n) is 8.87. The Hall–Kier alpha value is -0.570. The lowest BCUT2D eigenvalue weighted by Gasteiger charge is -2.26. The van der Waals surface area contributed by atoms with E-state index in [9.17, 15) is 30.7 Å². The minimum Gasteiger partial charge on any atom is -0.396 e. The second-order valence-corrected chi connectivity index (χ2v) is 3.01. The number of unbranched alkanes of at least 4 members (excludes halogenated alkanes) is 1. The molecular weight excluding hydrogens is 261 g/mol. The Morgan fingerprint density at radius 1 is 0.882 bits per heavy atom. The zero-order chi connectivity index (χ0) is 14.3. The summed E-state index contributed by atoms with van der Waals surface area (Å²) in [6, 6.07) is 0. The molecule has 0 aromatic heterocycles. The van der Waals surface area contributed by atoms with Crippen LogP contribution in [0.25, 0.3) is 0 Å². The fourth-order valence-electron chi connectivity index (χ4n) is 0.465. The highest BCUT2D eigenvalue weighted by atomic mass is 19.4. The third-order valence-corrected chi connectivity index (χ3v) is 1.53. The minimum atomic E-state index is -6.36. The van der Waals surface area contributed by atoms with Crippen molar-refractivity contribution in [1.29, 1.82) is 0 Å². The maximum absolute atomic E-state index is 11.7. The van der Waals surface area contributed by atoms with E-state index in [1.54, 1.807) is 0 Å². The van der Waals surface area contributed by atoms with Crippen LogP contribution in [0.3, 0.4) is 0 Å². The van der Waals surface area contributed by atoms with Crippen molar-refractivity contribution in [2.24, 2.45) is 0 Å². The van der Waals surface area contributed by atoms with Crippen molar-refractivity contribution in [2.45, 2.75) is 37.8 Å². The molecule has 0 aliphatic heterocycles. The fourth-order valence-corrected chi connectivity index (χ4v) is 0.465. The van der Waals surface area contributed by atoms with E-state index < -0.39 is 24.6 Å². The van der Waals surface area contributed by atoms with Gasteiger partial charge in [-0.05, 0) is 6.42 Å². The van der Waals surface area contributed by atoms with Crippen LogP contribution in [-0.2, 0) is 0 Å². The molecule has 0 aromatic carbocycles. The average molecular weight is 274 g/mol. The number of hydrogen-bond acceptors (Lipinski definition) is 2. The van der Waals surface area contributed by atoms with Gasteiger partial charge in [-0.15, -0.1) is 0 Å². The molecule has 0 aromatic rings. The summed E-state index contributed by atoms with van der Waals surface area (Å²) in [6.45, 7) is -0.160. The quantitative estimate of drug-likeness (QED) is 0.773. The van der Waals surface area contributed by atoms with Crippen LogP contribution in [0.4, 0.5) is 30.7 Å². The predicted molar refractivity (Wildman–Crippen MR) is 45.0 cm³/mol. The van der Waals surface area contributed by atoms with Crippen LogP contribution < -0.4 is 0 Å². The molecule has 0 aliphatic carbocycles. The summed E-state index contributed by atoms with van der Waals surface area (Å²) in [6.07, 6.45) is -4.32. The van der Waals surface area contributed by atoms with Crippen LogP contribution in [0.15, 0.2) is 0 Å². The average Bonchev–Trinajstić information content (AvgIpc) is 2.18. The van der Waals surface area contributed by atoms with Gasteiger partial charge >= 0.3 is 18.0 Å². The van der Waals surface area contributed by atoms with Gasteiger partial charge in [0.1, 0.15) is 6.61 Å². The molecule has 0 radical (unpaired) electrons. The largest absolute Gasteiger partial charge is 0.459 e. The molecule has 0 amide bonds. The van der Waals surface area contributed by atoms with Gasteiger partial charge in [0, 0.05) is 6.61 Å². The second-order valence-electron chi connectivity index (χ2n) is 3.01. The summed E-state index contributed by atoms with van der Waals surface area (Å²) in [5, 5.41) is 15.6. The first-order valence-electron chi connectivity index (χ1n) is 4.52. The number of hydrogen-bond donors (Lipinski definition) is 2. The monoisotopic (exact) mass is 274 g/mol. The van der Waals surface area contributed by atoms with Gasteiger partial charge in [0.05, 0.1) is 0 Å². The van der Waals surface area contributed by atoms with Crippen molar-refractivity contribution < 1.29 is 40.9 Å². The summed E-state index contributed by atoms with van der Waals surface area (Å²) in [7, 11) is 0. The third-order valence-electron chi connectivity index (χ3n) is 1.53. The Kier molecular flexibility index (Phi) is 7.73. The second kappa shape index (κ2) is 7.00. The van der Waals surface area contributed by atoms with Crippen molar-refractivity contribution in [1.82, 2.24) is 0 Å². The smallest absolute Gasteiger partial charge is 0.396 e. The normalized spacial score (nSPS) is 13.1. The van der Waals surface area contributed by atoms with Crippen molar-refractivity contribution in [3.8, 4) is 0 Å². The molecule has 0 spiro atoms. The van der Waals surface area contributed by atoms with Gasteiger partial charge in [-0.2, -0.15) is 30.7 Å². The topological polar surface area (TPSA) is 40.5 Å². The van der Waals surface area contributed by atoms with Crippen molar-refractivity contribution in [3.05, 3.63) is 0 Å². The lowest BCUT2D eigenvalue weighted by Crippen LogP contribution is -2.53. The van der Waals surface area contributed by atoms with E-state index >= 15 is 0 Å². The molecule has 2 N–H and O–H groups in total.